The Morgan fingerprint density at radius 1 is 1.31 bits per heavy atom. The van der Waals surface area contributed by atoms with Crippen LogP contribution >= 0.6 is 0 Å². The minimum atomic E-state index is 0.183. The number of nitrogens with two attached hydrogens (primary N) is 1. The summed E-state index contributed by atoms with van der Waals surface area (Å²) < 4.78 is 0. The van der Waals surface area contributed by atoms with E-state index in [1.54, 1.807) is 12.4 Å². The number of hydrogen-bond donors (Lipinski definition) is 1. The fourth-order valence-electron chi connectivity index (χ4n) is 1.36. The molecule has 1 rings (SSSR count). The molecule has 72 valence electrons. The van der Waals surface area contributed by atoms with Crippen molar-refractivity contribution >= 4 is 0 Å². The van der Waals surface area contributed by atoms with Gasteiger partial charge < -0.3 is 5.73 Å². The highest BCUT2D eigenvalue weighted by Gasteiger charge is 2.07. The average Bonchev–Trinajstić information content (AvgIpc) is 2.04. The molecule has 0 aromatic carbocycles. The van der Waals surface area contributed by atoms with Crippen LogP contribution in [0.2, 0.25) is 0 Å². The molecular formula is C10H17N3. The first kappa shape index (κ1) is 10.1. The molecule has 0 saturated carbocycles. The van der Waals surface area contributed by atoms with Crippen molar-refractivity contribution in [2.45, 2.75) is 32.7 Å². The summed E-state index contributed by atoms with van der Waals surface area (Å²) in [5, 5.41) is 0. The van der Waals surface area contributed by atoms with Gasteiger partial charge in [-0.25, -0.2) is 9.97 Å². The van der Waals surface area contributed by atoms with Gasteiger partial charge in [0.05, 0.1) is 0 Å². The van der Waals surface area contributed by atoms with Crippen molar-refractivity contribution in [2.75, 3.05) is 0 Å². The van der Waals surface area contributed by atoms with Crippen LogP contribution in [-0.4, -0.2) is 16.0 Å². The first-order valence-corrected chi connectivity index (χ1v) is 4.70. The molecule has 1 heterocycles. The van der Waals surface area contributed by atoms with Gasteiger partial charge in [-0.05, 0) is 18.4 Å². The predicted octanol–water partition coefficient (Wildman–Crippen LogP) is 1.39. The molecule has 0 spiro atoms. The number of aromatic nitrogens is 2. The van der Waals surface area contributed by atoms with Crippen LogP contribution in [0.3, 0.4) is 0 Å². The first-order valence-electron chi connectivity index (χ1n) is 4.70. The van der Waals surface area contributed by atoms with Crippen molar-refractivity contribution in [3.8, 4) is 0 Å². The molecule has 1 aromatic rings. The van der Waals surface area contributed by atoms with Gasteiger partial charge in [-0.2, -0.15) is 0 Å². The summed E-state index contributed by atoms with van der Waals surface area (Å²) in [5.41, 5.74) is 5.93. The van der Waals surface area contributed by atoms with E-state index in [2.05, 4.69) is 23.8 Å². The summed E-state index contributed by atoms with van der Waals surface area (Å²) in [7, 11) is 0. The Kier molecular flexibility index (Phi) is 3.83. The predicted molar refractivity (Wildman–Crippen MR) is 53.2 cm³/mol. The second kappa shape index (κ2) is 4.92. The Morgan fingerprint density at radius 3 is 2.46 bits per heavy atom. The Balaban J connectivity index is 2.41. The normalized spacial score (nSPS) is 13.2. The van der Waals surface area contributed by atoms with Crippen LogP contribution in [0.25, 0.3) is 0 Å². The number of nitrogens with zero attached hydrogens (tertiary/aromatic N) is 2. The van der Waals surface area contributed by atoms with Gasteiger partial charge in [0.1, 0.15) is 5.82 Å². The van der Waals surface area contributed by atoms with Crippen LogP contribution in [0.15, 0.2) is 18.5 Å². The Labute approximate surface area is 79.4 Å². The van der Waals surface area contributed by atoms with Gasteiger partial charge in [0.25, 0.3) is 0 Å². The topological polar surface area (TPSA) is 51.8 Å². The quantitative estimate of drug-likeness (QED) is 0.760. The highest BCUT2D eigenvalue weighted by atomic mass is 14.9. The summed E-state index contributed by atoms with van der Waals surface area (Å²) in [6.07, 6.45) is 5.31. The van der Waals surface area contributed by atoms with E-state index in [0.717, 1.165) is 18.7 Å². The highest BCUT2D eigenvalue weighted by molar-refractivity contribution is 4.91. The highest BCUT2D eigenvalue weighted by Crippen LogP contribution is 2.05. The van der Waals surface area contributed by atoms with E-state index < -0.39 is 0 Å². The van der Waals surface area contributed by atoms with Gasteiger partial charge in [-0.3, -0.25) is 0 Å². The molecule has 0 bridgehead atoms. The summed E-state index contributed by atoms with van der Waals surface area (Å²) in [5.74, 6) is 1.48. The zero-order valence-corrected chi connectivity index (χ0v) is 8.27. The standard InChI is InChI=1S/C10H17N3/c1-8(2)6-9(11)7-10-12-4-3-5-13-10/h3-5,8-9H,6-7,11H2,1-2H3. The van der Waals surface area contributed by atoms with Crippen molar-refractivity contribution in [2.24, 2.45) is 11.7 Å². The van der Waals surface area contributed by atoms with Crippen molar-refractivity contribution in [3.63, 3.8) is 0 Å². The van der Waals surface area contributed by atoms with Gasteiger partial charge in [-0.15, -0.1) is 0 Å². The summed E-state index contributed by atoms with van der Waals surface area (Å²) in [6.45, 7) is 4.34. The second-order valence-corrected chi connectivity index (χ2v) is 3.76. The third-order valence-corrected chi connectivity index (χ3v) is 1.84. The molecule has 3 heteroatoms. The molecule has 13 heavy (non-hydrogen) atoms. The van der Waals surface area contributed by atoms with E-state index in [-0.39, 0.29) is 6.04 Å². The van der Waals surface area contributed by atoms with E-state index in [4.69, 9.17) is 5.73 Å². The molecule has 1 atom stereocenters. The largest absolute Gasteiger partial charge is 0.327 e. The SMILES string of the molecule is CC(C)CC(N)Cc1ncccn1. The maximum atomic E-state index is 5.93. The Bertz CT molecular complexity index is 233. The number of rotatable bonds is 4. The average molecular weight is 179 g/mol. The molecule has 0 amide bonds. The van der Waals surface area contributed by atoms with Crippen LogP contribution in [0.4, 0.5) is 0 Å². The third-order valence-electron chi connectivity index (χ3n) is 1.84. The summed E-state index contributed by atoms with van der Waals surface area (Å²) in [4.78, 5) is 8.27. The molecule has 0 aliphatic rings. The van der Waals surface area contributed by atoms with E-state index in [0.29, 0.717) is 5.92 Å². The fourth-order valence-corrected chi connectivity index (χ4v) is 1.36. The molecular weight excluding hydrogens is 162 g/mol. The monoisotopic (exact) mass is 179 g/mol. The van der Waals surface area contributed by atoms with Gasteiger partial charge in [0, 0.05) is 24.9 Å². The Morgan fingerprint density at radius 2 is 1.92 bits per heavy atom. The molecule has 0 saturated heterocycles. The van der Waals surface area contributed by atoms with Crippen molar-refractivity contribution in [1.29, 1.82) is 0 Å². The van der Waals surface area contributed by atoms with Crippen molar-refractivity contribution in [1.82, 2.24) is 9.97 Å². The third kappa shape index (κ3) is 3.99. The lowest BCUT2D eigenvalue weighted by molar-refractivity contribution is 0.486. The minimum absolute atomic E-state index is 0.183. The van der Waals surface area contributed by atoms with Gasteiger partial charge >= 0.3 is 0 Å². The van der Waals surface area contributed by atoms with Crippen molar-refractivity contribution < 1.29 is 0 Å². The molecule has 1 unspecified atom stereocenters. The van der Waals surface area contributed by atoms with Crippen LogP contribution in [0.1, 0.15) is 26.1 Å². The summed E-state index contributed by atoms with van der Waals surface area (Å²) in [6, 6.07) is 2.00. The summed E-state index contributed by atoms with van der Waals surface area (Å²) >= 11 is 0. The van der Waals surface area contributed by atoms with E-state index in [9.17, 15) is 0 Å². The lowest BCUT2D eigenvalue weighted by atomic mass is 10.0. The zero-order valence-electron chi connectivity index (χ0n) is 8.27. The van der Waals surface area contributed by atoms with Crippen LogP contribution in [0.5, 0.6) is 0 Å². The number of hydrogen-bond acceptors (Lipinski definition) is 3. The lowest BCUT2D eigenvalue weighted by Crippen LogP contribution is -2.25. The molecule has 0 radical (unpaired) electrons. The van der Waals surface area contributed by atoms with Crippen LogP contribution < -0.4 is 5.73 Å². The first-order chi connectivity index (χ1) is 6.18. The second-order valence-electron chi connectivity index (χ2n) is 3.76. The van der Waals surface area contributed by atoms with Gasteiger partial charge in [0.2, 0.25) is 0 Å². The smallest absolute Gasteiger partial charge is 0.129 e. The molecule has 0 aliphatic heterocycles. The van der Waals surface area contributed by atoms with E-state index in [1.807, 2.05) is 6.07 Å². The molecule has 1 aromatic heterocycles. The van der Waals surface area contributed by atoms with Gasteiger partial charge in [0.15, 0.2) is 0 Å². The maximum Gasteiger partial charge on any atom is 0.129 e. The molecule has 0 fully saturated rings. The lowest BCUT2D eigenvalue weighted by Gasteiger charge is -2.12. The maximum absolute atomic E-state index is 5.93. The van der Waals surface area contributed by atoms with E-state index >= 15 is 0 Å². The van der Waals surface area contributed by atoms with Crippen LogP contribution in [-0.2, 0) is 6.42 Å². The van der Waals surface area contributed by atoms with E-state index in [1.165, 1.54) is 0 Å². The van der Waals surface area contributed by atoms with Gasteiger partial charge in [-0.1, -0.05) is 13.8 Å². The van der Waals surface area contributed by atoms with Crippen molar-refractivity contribution in [3.05, 3.63) is 24.3 Å². The molecule has 3 nitrogen and oxygen atoms in total. The molecule has 2 N–H and O–H groups in total. The fraction of sp³-hybridized carbons (Fsp3) is 0.600. The minimum Gasteiger partial charge on any atom is -0.327 e. The molecule has 0 aliphatic carbocycles. The Hall–Kier alpha value is -0.960. The van der Waals surface area contributed by atoms with Crippen LogP contribution in [0, 0.1) is 5.92 Å². The zero-order chi connectivity index (χ0) is 9.68.